The van der Waals surface area contributed by atoms with Gasteiger partial charge in [-0.05, 0) is 48.4 Å². The number of primary amides is 1. The highest BCUT2D eigenvalue weighted by molar-refractivity contribution is 7.92. The van der Waals surface area contributed by atoms with Crippen LogP contribution in [0, 0.1) is 0 Å². The van der Waals surface area contributed by atoms with Crippen molar-refractivity contribution in [2.75, 3.05) is 16.2 Å². The fourth-order valence-corrected chi connectivity index (χ4v) is 4.50. The first-order chi connectivity index (χ1) is 14.8. The second kappa shape index (κ2) is 9.44. The summed E-state index contributed by atoms with van der Waals surface area (Å²) in [5.41, 5.74) is 7.12. The van der Waals surface area contributed by atoms with Crippen molar-refractivity contribution in [2.45, 2.75) is 18.2 Å². The van der Waals surface area contributed by atoms with Crippen LogP contribution in [0.1, 0.15) is 22.8 Å². The van der Waals surface area contributed by atoms with Gasteiger partial charge in [0.2, 0.25) is 5.91 Å². The zero-order valence-electron chi connectivity index (χ0n) is 17.0. The second-order valence-electron chi connectivity index (χ2n) is 6.80. The standard InChI is InChI=1S/C23H23N3O4S/c1-2-17-12-14-18(15-13-17)26(31(29,30)19-8-4-3-5-9-19)16-22(27)25-21-11-7-6-10-20(21)23(24)28/h3-15H,2,16H2,1H3,(H2,24,28)(H,25,27). The van der Waals surface area contributed by atoms with Gasteiger partial charge >= 0.3 is 0 Å². The molecule has 0 spiro atoms. The van der Waals surface area contributed by atoms with E-state index in [9.17, 15) is 18.0 Å². The molecule has 0 unspecified atom stereocenters. The number of hydrogen-bond donors (Lipinski definition) is 2. The molecule has 3 aromatic rings. The monoisotopic (exact) mass is 437 g/mol. The van der Waals surface area contributed by atoms with Gasteiger partial charge in [0.15, 0.2) is 0 Å². The molecule has 0 fully saturated rings. The number of anilines is 2. The van der Waals surface area contributed by atoms with E-state index < -0.39 is 28.4 Å². The van der Waals surface area contributed by atoms with Crippen molar-refractivity contribution in [3.63, 3.8) is 0 Å². The molecule has 0 aromatic heterocycles. The number of hydrogen-bond acceptors (Lipinski definition) is 4. The number of para-hydroxylation sites is 1. The third kappa shape index (κ3) is 5.10. The zero-order valence-corrected chi connectivity index (χ0v) is 17.8. The van der Waals surface area contributed by atoms with E-state index in [0.717, 1.165) is 16.3 Å². The molecule has 31 heavy (non-hydrogen) atoms. The summed E-state index contributed by atoms with van der Waals surface area (Å²) in [6.45, 7) is 1.52. The Bertz CT molecular complexity index is 1180. The first kappa shape index (κ1) is 22.0. The normalized spacial score (nSPS) is 11.0. The van der Waals surface area contributed by atoms with Gasteiger partial charge in [0.1, 0.15) is 6.54 Å². The smallest absolute Gasteiger partial charge is 0.264 e. The number of sulfonamides is 1. The van der Waals surface area contributed by atoms with Gasteiger partial charge < -0.3 is 11.1 Å². The summed E-state index contributed by atoms with van der Waals surface area (Å²) in [6.07, 6.45) is 0.802. The predicted molar refractivity (Wildman–Crippen MR) is 120 cm³/mol. The number of nitrogens with two attached hydrogens (primary N) is 1. The molecule has 7 nitrogen and oxygen atoms in total. The summed E-state index contributed by atoms with van der Waals surface area (Å²) in [6, 6.07) is 21.2. The maximum Gasteiger partial charge on any atom is 0.264 e. The zero-order chi connectivity index (χ0) is 22.4. The SMILES string of the molecule is CCc1ccc(N(CC(=O)Nc2ccccc2C(N)=O)S(=O)(=O)c2ccccc2)cc1. The molecule has 3 aromatic carbocycles. The lowest BCUT2D eigenvalue weighted by atomic mass is 10.1. The van der Waals surface area contributed by atoms with Gasteiger partial charge in [0.25, 0.3) is 15.9 Å². The van der Waals surface area contributed by atoms with E-state index in [1.165, 1.54) is 24.3 Å². The highest BCUT2D eigenvalue weighted by Crippen LogP contribution is 2.24. The molecule has 0 saturated heterocycles. The molecule has 0 saturated carbocycles. The van der Waals surface area contributed by atoms with Crippen LogP contribution >= 0.6 is 0 Å². The number of nitrogens with zero attached hydrogens (tertiary/aromatic N) is 1. The Balaban J connectivity index is 1.95. The number of nitrogens with one attached hydrogen (secondary N) is 1. The van der Waals surface area contributed by atoms with Crippen LogP contribution < -0.4 is 15.4 Å². The summed E-state index contributed by atoms with van der Waals surface area (Å²) >= 11 is 0. The molecular formula is C23H23N3O4S. The van der Waals surface area contributed by atoms with Gasteiger partial charge in [-0.25, -0.2) is 8.42 Å². The quantitative estimate of drug-likeness (QED) is 0.564. The highest BCUT2D eigenvalue weighted by Gasteiger charge is 2.27. The Morgan fingerprint density at radius 1 is 0.903 bits per heavy atom. The van der Waals surface area contributed by atoms with E-state index in [-0.39, 0.29) is 16.1 Å². The van der Waals surface area contributed by atoms with Gasteiger partial charge in [-0.15, -0.1) is 0 Å². The summed E-state index contributed by atoms with van der Waals surface area (Å²) in [4.78, 5) is 24.5. The molecule has 3 N–H and O–H groups in total. The van der Waals surface area contributed by atoms with Crippen LogP contribution in [0.5, 0.6) is 0 Å². The number of carbonyl (C=O) groups is 2. The molecule has 160 valence electrons. The largest absolute Gasteiger partial charge is 0.366 e. The van der Waals surface area contributed by atoms with Crippen molar-refractivity contribution in [3.05, 3.63) is 90.0 Å². The van der Waals surface area contributed by atoms with Crippen molar-refractivity contribution < 1.29 is 18.0 Å². The Morgan fingerprint density at radius 3 is 2.13 bits per heavy atom. The Hall–Kier alpha value is -3.65. The van der Waals surface area contributed by atoms with Crippen LogP contribution in [-0.4, -0.2) is 26.8 Å². The predicted octanol–water partition coefficient (Wildman–Crippen LogP) is 3.18. The second-order valence-corrected chi connectivity index (χ2v) is 8.67. The topological polar surface area (TPSA) is 110 Å². The van der Waals surface area contributed by atoms with Crippen LogP contribution in [-0.2, 0) is 21.2 Å². The minimum atomic E-state index is -4.01. The maximum absolute atomic E-state index is 13.3. The lowest BCUT2D eigenvalue weighted by molar-refractivity contribution is -0.114. The van der Waals surface area contributed by atoms with Crippen LogP contribution in [0.4, 0.5) is 11.4 Å². The van der Waals surface area contributed by atoms with E-state index >= 15 is 0 Å². The first-order valence-electron chi connectivity index (χ1n) is 9.68. The van der Waals surface area contributed by atoms with E-state index in [0.29, 0.717) is 5.69 Å². The third-order valence-electron chi connectivity index (χ3n) is 4.72. The number of carbonyl (C=O) groups excluding carboxylic acids is 2. The molecule has 0 radical (unpaired) electrons. The molecule has 2 amide bonds. The van der Waals surface area contributed by atoms with Gasteiger partial charge in [-0.3, -0.25) is 13.9 Å². The first-order valence-corrected chi connectivity index (χ1v) is 11.1. The fourth-order valence-electron chi connectivity index (χ4n) is 3.06. The van der Waals surface area contributed by atoms with Crippen molar-refractivity contribution >= 4 is 33.2 Å². The minimum absolute atomic E-state index is 0.0694. The van der Waals surface area contributed by atoms with Crippen LogP contribution in [0.2, 0.25) is 0 Å². The molecule has 0 aliphatic carbocycles. The highest BCUT2D eigenvalue weighted by atomic mass is 32.2. The Kier molecular flexibility index (Phi) is 6.71. The number of amides is 2. The van der Waals surface area contributed by atoms with Crippen LogP contribution in [0.3, 0.4) is 0 Å². The number of aryl methyl sites for hydroxylation is 1. The van der Waals surface area contributed by atoms with Crippen LogP contribution in [0.15, 0.2) is 83.8 Å². The summed E-state index contributed by atoms with van der Waals surface area (Å²) in [5, 5.41) is 2.59. The van der Waals surface area contributed by atoms with Gasteiger partial charge in [0.05, 0.1) is 21.8 Å². The van der Waals surface area contributed by atoms with Crippen molar-refractivity contribution in [1.29, 1.82) is 0 Å². The lowest BCUT2D eigenvalue weighted by Gasteiger charge is -2.24. The Morgan fingerprint density at radius 2 is 1.52 bits per heavy atom. The van der Waals surface area contributed by atoms with E-state index in [1.54, 1.807) is 42.5 Å². The molecule has 8 heteroatoms. The maximum atomic E-state index is 13.3. The molecule has 0 aliphatic rings. The molecule has 0 aliphatic heterocycles. The molecule has 0 bridgehead atoms. The molecule has 0 heterocycles. The van der Waals surface area contributed by atoms with Crippen molar-refractivity contribution in [3.8, 4) is 0 Å². The van der Waals surface area contributed by atoms with Gasteiger partial charge in [-0.1, -0.05) is 49.4 Å². The third-order valence-corrected chi connectivity index (χ3v) is 6.51. The average Bonchev–Trinajstić information content (AvgIpc) is 2.78. The molecule has 3 rings (SSSR count). The van der Waals surface area contributed by atoms with Gasteiger partial charge in [0, 0.05) is 0 Å². The summed E-state index contributed by atoms with van der Waals surface area (Å²) < 4.78 is 27.7. The van der Waals surface area contributed by atoms with Crippen molar-refractivity contribution in [1.82, 2.24) is 0 Å². The average molecular weight is 438 g/mol. The van der Waals surface area contributed by atoms with E-state index in [4.69, 9.17) is 5.73 Å². The van der Waals surface area contributed by atoms with E-state index in [1.807, 2.05) is 19.1 Å². The van der Waals surface area contributed by atoms with Gasteiger partial charge in [-0.2, -0.15) is 0 Å². The fraction of sp³-hybridized carbons (Fsp3) is 0.130. The van der Waals surface area contributed by atoms with E-state index in [2.05, 4.69) is 5.32 Å². The number of benzene rings is 3. The summed E-state index contributed by atoms with van der Waals surface area (Å²) in [7, 11) is -4.01. The van der Waals surface area contributed by atoms with Crippen molar-refractivity contribution in [2.24, 2.45) is 5.73 Å². The Labute approximate surface area is 181 Å². The lowest BCUT2D eigenvalue weighted by Crippen LogP contribution is -2.38. The number of rotatable bonds is 8. The van der Waals surface area contributed by atoms with Crippen LogP contribution in [0.25, 0.3) is 0 Å². The summed E-state index contributed by atoms with van der Waals surface area (Å²) in [5.74, 6) is -1.30. The minimum Gasteiger partial charge on any atom is -0.366 e. The molecule has 0 atom stereocenters. The molecular weight excluding hydrogens is 414 g/mol.